The summed E-state index contributed by atoms with van der Waals surface area (Å²) >= 11 is 0. The molecule has 2 aromatic heterocycles. The molecule has 152 valence electrons. The largest absolute Gasteiger partial charge is 0.465 e. The normalized spacial score (nSPS) is 21.2. The molecule has 0 bridgehead atoms. The lowest BCUT2D eigenvalue weighted by Gasteiger charge is -2.35. The van der Waals surface area contributed by atoms with Crippen molar-refractivity contribution in [3.8, 4) is 0 Å². The van der Waals surface area contributed by atoms with E-state index in [0.717, 1.165) is 37.6 Å². The number of nitrogens with zero attached hydrogens (tertiary/aromatic N) is 5. The summed E-state index contributed by atoms with van der Waals surface area (Å²) in [4.78, 5) is 16.8. The van der Waals surface area contributed by atoms with Crippen molar-refractivity contribution in [1.29, 1.82) is 0 Å². The van der Waals surface area contributed by atoms with Crippen LogP contribution in [-0.4, -0.2) is 69.6 Å². The van der Waals surface area contributed by atoms with E-state index in [0.29, 0.717) is 38.0 Å². The molecule has 28 heavy (non-hydrogen) atoms. The number of likely N-dealkylation sites (tertiary alicyclic amines) is 1. The number of morpholine rings is 1. The van der Waals surface area contributed by atoms with E-state index in [1.807, 2.05) is 13.0 Å². The summed E-state index contributed by atoms with van der Waals surface area (Å²) < 4.78 is 12.9. The first kappa shape index (κ1) is 19.1. The molecular formula is C20H29N5O3. The predicted molar refractivity (Wildman–Crippen MR) is 103 cm³/mol. The number of piperidine rings is 1. The predicted octanol–water partition coefficient (Wildman–Crippen LogP) is 2.10. The average Bonchev–Trinajstić information content (AvgIpc) is 3.36. The van der Waals surface area contributed by atoms with E-state index < -0.39 is 0 Å². The zero-order valence-corrected chi connectivity index (χ0v) is 16.5. The Kier molecular flexibility index (Phi) is 6.07. The summed E-state index contributed by atoms with van der Waals surface area (Å²) in [7, 11) is 0. The van der Waals surface area contributed by atoms with E-state index in [1.165, 1.54) is 19.3 Å². The summed E-state index contributed by atoms with van der Waals surface area (Å²) in [5, 5.41) is 8.28. The van der Waals surface area contributed by atoms with Gasteiger partial charge in [0.15, 0.2) is 5.69 Å². The highest BCUT2D eigenvalue weighted by Gasteiger charge is 2.24. The van der Waals surface area contributed by atoms with E-state index in [4.69, 9.17) is 9.15 Å². The molecule has 1 unspecified atom stereocenters. The van der Waals surface area contributed by atoms with Crippen LogP contribution in [0.1, 0.15) is 47.7 Å². The number of aryl methyl sites for hydroxylation is 2. The van der Waals surface area contributed by atoms with Gasteiger partial charge < -0.3 is 14.1 Å². The number of aromatic nitrogens is 3. The maximum atomic E-state index is 12.5. The molecular weight excluding hydrogens is 358 g/mol. The summed E-state index contributed by atoms with van der Waals surface area (Å²) in [5.74, 6) is 1.94. The number of carbonyl (C=O) groups excluding carboxylic acids is 1. The van der Waals surface area contributed by atoms with Gasteiger partial charge in [0.2, 0.25) is 0 Å². The first-order valence-corrected chi connectivity index (χ1v) is 10.3. The third-order valence-corrected chi connectivity index (χ3v) is 5.65. The number of hydrogen-bond donors (Lipinski definition) is 0. The van der Waals surface area contributed by atoms with E-state index in [2.05, 4.69) is 21.3 Å². The fourth-order valence-corrected chi connectivity index (χ4v) is 4.08. The fourth-order valence-electron chi connectivity index (χ4n) is 4.08. The summed E-state index contributed by atoms with van der Waals surface area (Å²) in [6, 6.07) is 4.60. The first-order chi connectivity index (χ1) is 13.7. The Bertz CT molecular complexity index is 780. The number of carbonyl (C=O) groups is 1. The van der Waals surface area contributed by atoms with Gasteiger partial charge in [0.05, 0.1) is 26.0 Å². The summed E-state index contributed by atoms with van der Waals surface area (Å²) in [5.41, 5.74) is 0.425. The maximum absolute atomic E-state index is 12.5. The van der Waals surface area contributed by atoms with Crippen LogP contribution >= 0.6 is 0 Å². The van der Waals surface area contributed by atoms with E-state index in [1.54, 1.807) is 15.8 Å². The second-order valence-corrected chi connectivity index (χ2v) is 7.69. The highest BCUT2D eigenvalue weighted by atomic mass is 16.5. The Hall–Kier alpha value is -2.19. The molecule has 0 N–H and O–H groups in total. The van der Waals surface area contributed by atoms with Crippen LogP contribution in [0.4, 0.5) is 0 Å². The highest BCUT2D eigenvalue weighted by Crippen LogP contribution is 2.23. The van der Waals surface area contributed by atoms with Crippen molar-refractivity contribution in [2.24, 2.45) is 0 Å². The van der Waals surface area contributed by atoms with Gasteiger partial charge in [0.25, 0.3) is 5.91 Å². The third-order valence-electron chi connectivity index (χ3n) is 5.65. The average molecular weight is 387 g/mol. The second kappa shape index (κ2) is 8.87. The quantitative estimate of drug-likeness (QED) is 0.755. The first-order valence-electron chi connectivity index (χ1n) is 10.3. The monoisotopic (exact) mass is 387 g/mol. The minimum Gasteiger partial charge on any atom is -0.465 e. The number of rotatable bonds is 6. The Morgan fingerprint density at radius 3 is 2.86 bits per heavy atom. The molecule has 1 atom stereocenters. The van der Waals surface area contributed by atoms with Crippen molar-refractivity contribution in [2.45, 2.75) is 51.7 Å². The van der Waals surface area contributed by atoms with Gasteiger partial charge in [-0.1, -0.05) is 11.6 Å². The number of amides is 1. The molecule has 2 aliphatic rings. The van der Waals surface area contributed by atoms with Crippen molar-refractivity contribution in [3.63, 3.8) is 0 Å². The molecule has 2 fully saturated rings. The molecule has 4 heterocycles. The van der Waals surface area contributed by atoms with Gasteiger partial charge in [-0.2, -0.15) is 0 Å². The van der Waals surface area contributed by atoms with Crippen molar-refractivity contribution in [3.05, 3.63) is 35.5 Å². The van der Waals surface area contributed by atoms with Crippen LogP contribution in [0, 0.1) is 6.92 Å². The number of hydrogen-bond acceptors (Lipinski definition) is 6. The minimum atomic E-state index is -0.0537. The maximum Gasteiger partial charge on any atom is 0.276 e. The van der Waals surface area contributed by atoms with E-state index in [9.17, 15) is 4.79 Å². The number of ether oxygens (including phenoxy) is 1. The molecule has 2 aromatic rings. The lowest BCUT2D eigenvalue weighted by molar-refractivity contribution is 0.0299. The van der Waals surface area contributed by atoms with E-state index >= 15 is 0 Å². The third kappa shape index (κ3) is 4.62. The van der Waals surface area contributed by atoms with Crippen molar-refractivity contribution in [2.75, 3.05) is 32.8 Å². The topological polar surface area (TPSA) is 76.6 Å². The van der Waals surface area contributed by atoms with E-state index in [-0.39, 0.29) is 5.91 Å². The summed E-state index contributed by atoms with van der Waals surface area (Å²) in [6.07, 6.45) is 6.46. The second-order valence-electron chi connectivity index (χ2n) is 7.69. The van der Waals surface area contributed by atoms with Gasteiger partial charge in [-0.25, -0.2) is 0 Å². The molecule has 0 saturated carbocycles. The Balaban J connectivity index is 1.32. The van der Waals surface area contributed by atoms with Crippen LogP contribution in [0.2, 0.25) is 0 Å². The van der Waals surface area contributed by atoms with Crippen LogP contribution in [0.15, 0.2) is 22.7 Å². The molecule has 0 aromatic carbocycles. The molecule has 0 spiro atoms. The fraction of sp³-hybridized carbons (Fsp3) is 0.650. The van der Waals surface area contributed by atoms with Gasteiger partial charge in [-0.3, -0.25) is 14.4 Å². The molecule has 0 aliphatic carbocycles. The summed E-state index contributed by atoms with van der Waals surface area (Å²) in [6.45, 7) is 7.13. The van der Waals surface area contributed by atoms with Crippen molar-refractivity contribution < 1.29 is 13.9 Å². The minimum absolute atomic E-state index is 0.0537. The van der Waals surface area contributed by atoms with Crippen LogP contribution in [0.3, 0.4) is 0 Å². The van der Waals surface area contributed by atoms with Gasteiger partial charge in [0.1, 0.15) is 11.5 Å². The smallest absolute Gasteiger partial charge is 0.276 e. The van der Waals surface area contributed by atoms with Gasteiger partial charge in [0, 0.05) is 25.7 Å². The Labute approximate surface area is 165 Å². The van der Waals surface area contributed by atoms with Crippen LogP contribution in [-0.2, 0) is 17.8 Å². The van der Waals surface area contributed by atoms with Crippen molar-refractivity contribution >= 4 is 5.91 Å². The SMILES string of the molecule is Cc1ccc(CN2CCCCC2CCn2cc(C(=O)N3CCOCC3)nn2)o1. The lowest BCUT2D eigenvalue weighted by Crippen LogP contribution is -2.40. The molecule has 2 aliphatic heterocycles. The van der Waals surface area contributed by atoms with Crippen LogP contribution < -0.4 is 0 Å². The molecule has 4 rings (SSSR count). The Morgan fingerprint density at radius 2 is 2.07 bits per heavy atom. The molecule has 0 radical (unpaired) electrons. The van der Waals surface area contributed by atoms with Gasteiger partial charge in [-0.05, 0) is 44.9 Å². The van der Waals surface area contributed by atoms with Gasteiger partial charge in [-0.15, -0.1) is 5.10 Å². The van der Waals surface area contributed by atoms with Crippen molar-refractivity contribution in [1.82, 2.24) is 24.8 Å². The Morgan fingerprint density at radius 1 is 1.21 bits per heavy atom. The zero-order valence-electron chi connectivity index (χ0n) is 16.5. The molecule has 2 saturated heterocycles. The van der Waals surface area contributed by atoms with Gasteiger partial charge >= 0.3 is 0 Å². The zero-order chi connectivity index (χ0) is 19.3. The lowest BCUT2D eigenvalue weighted by atomic mass is 9.99. The van der Waals surface area contributed by atoms with Crippen LogP contribution in [0.5, 0.6) is 0 Å². The molecule has 8 heteroatoms. The van der Waals surface area contributed by atoms with Crippen LogP contribution in [0.25, 0.3) is 0 Å². The number of furan rings is 1. The molecule has 8 nitrogen and oxygen atoms in total. The highest BCUT2D eigenvalue weighted by molar-refractivity contribution is 5.91. The molecule has 1 amide bonds. The standard InChI is InChI=1S/C20H29N5O3/c1-16-5-6-18(28-16)14-24-8-3-2-4-17(24)7-9-25-15-19(21-22-25)20(26)23-10-12-27-13-11-23/h5-6,15,17H,2-4,7-14H2,1H3.